The van der Waals surface area contributed by atoms with Crippen molar-refractivity contribution in [2.24, 2.45) is 0 Å². The highest BCUT2D eigenvalue weighted by molar-refractivity contribution is 6.99. The van der Waals surface area contributed by atoms with E-state index in [0.717, 1.165) is 15.4 Å². The Labute approximate surface area is 216 Å². The maximum Gasteiger partial charge on any atom is 0.411 e. The Hall–Kier alpha value is -2.68. The highest BCUT2D eigenvalue weighted by Gasteiger charge is 2.54. The van der Waals surface area contributed by atoms with Gasteiger partial charge in [-0.25, -0.2) is 9.86 Å². The van der Waals surface area contributed by atoms with E-state index in [9.17, 15) is 9.59 Å². The van der Waals surface area contributed by atoms with Gasteiger partial charge in [-0.15, -0.1) is 0 Å². The number of likely N-dealkylation sites (N-methyl/N-ethyl adjacent to an activating group) is 1. The molecule has 0 bridgehead atoms. The van der Waals surface area contributed by atoms with Crippen LogP contribution in [-0.2, 0) is 18.8 Å². The SMILES string of the molecule is CON(C)C(=O)[C@@H]1C[C@H](O[Si](c2ccccc2)(c2ccccc2)C(C)(C)C)CN1C(=O)OC(C)(C)C. The van der Waals surface area contributed by atoms with Crippen LogP contribution < -0.4 is 10.4 Å². The predicted octanol–water partition coefficient (Wildman–Crippen LogP) is 3.96. The summed E-state index contributed by atoms with van der Waals surface area (Å²) < 4.78 is 12.9. The zero-order valence-corrected chi connectivity index (χ0v) is 23.8. The third-order valence-electron chi connectivity index (χ3n) is 6.52. The van der Waals surface area contributed by atoms with Crippen molar-refractivity contribution in [1.82, 2.24) is 9.96 Å². The smallest absolute Gasteiger partial charge is 0.411 e. The van der Waals surface area contributed by atoms with Crippen LogP contribution in [0, 0.1) is 0 Å². The normalized spacial score (nSPS) is 18.7. The number of amides is 2. The second-order valence-electron chi connectivity index (χ2n) is 11.3. The average Bonchev–Trinajstić information content (AvgIpc) is 3.25. The topological polar surface area (TPSA) is 68.3 Å². The Kier molecular flexibility index (Phi) is 8.32. The summed E-state index contributed by atoms with van der Waals surface area (Å²) in [5, 5.41) is 3.23. The van der Waals surface area contributed by atoms with Crippen LogP contribution in [0.25, 0.3) is 0 Å². The van der Waals surface area contributed by atoms with Gasteiger partial charge in [0.1, 0.15) is 11.6 Å². The Bertz CT molecular complexity index is 994. The molecular weight excluding hydrogens is 472 g/mol. The summed E-state index contributed by atoms with van der Waals surface area (Å²) in [7, 11) is 0.119. The number of carbonyl (C=O) groups is 2. The number of rotatable bonds is 6. The van der Waals surface area contributed by atoms with E-state index in [1.807, 2.05) is 57.2 Å². The van der Waals surface area contributed by atoms with E-state index in [1.165, 1.54) is 12.0 Å². The van der Waals surface area contributed by atoms with E-state index in [2.05, 4.69) is 45.0 Å². The van der Waals surface area contributed by atoms with Crippen molar-refractivity contribution < 1.29 is 23.6 Å². The molecule has 0 N–H and O–H groups in total. The summed E-state index contributed by atoms with van der Waals surface area (Å²) in [6.45, 7) is 12.3. The van der Waals surface area contributed by atoms with E-state index in [4.69, 9.17) is 14.0 Å². The maximum absolute atomic E-state index is 13.2. The third-order valence-corrected chi connectivity index (χ3v) is 11.6. The third kappa shape index (κ3) is 5.82. The number of nitrogens with zero attached hydrogens (tertiary/aromatic N) is 2. The Morgan fingerprint density at radius 2 is 1.42 bits per heavy atom. The van der Waals surface area contributed by atoms with E-state index < -0.39 is 26.1 Å². The fraction of sp³-hybridized carbons (Fsp3) is 0.500. The molecule has 0 aromatic heterocycles. The van der Waals surface area contributed by atoms with Gasteiger partial charge in [0, 0.05) is 20.0 Å². The molecule has 0 radical (unpaired) electrons. The zero-order valence-electron chi connectivity index (χ0n) is 22.8. The first kappa shape index (κ1) is 27.9. The van der Waals surface area contributed by atoms with Crippen LogP contribution in [0.4, 0.5) is 4.79 Å². The number of benzene rings is 2. The van der Waals surface area contributed by atoms with Gasteiger partial charge in [0.25, 0.3) is 14.2 Å². The van der Waals surface area contributed by atoms with Crippen molar-refractivity contribution in [1.29, 1.82) is 0 Å². The van der Waals surface area contributed by atoms with E-state index >= 15 is 0 Å². The number of carbonyl (C=O) groups excluding carboxylic acids is 2. The lowest BCUT2D eigenvalue weighted by Gasteiger charge is -2.44. The van der Waals surface area contributed by atoms with Gasteiger partial charge in [0.2, 0.25) is 0 Å². The van der Waals surface area contributed by atoms with Crippen LogP contribution in [0.2, 0.25) is 5.04 Å². The van der Waals surface area contributed by atoms with Gasteiger partial charge in [0.15, 0.2) is 0 Å². The van der Waals surface area contributed by atoms with Crippen LogP contribution in [-0.4, -0.2) is 68.7 Å². The number of ether oxygens (including phenoxy) is 1. The zero-order chi connectivity index (χ0) is 26.7. The molecule has 3 rings (SSSR count). The maximum atomic E-state index is 13.2. The van der Waals surface area contributed by atoms with Gasteiger partial charge < -0.3 is 9.16 Å². The molecule has 1 aliphatic heterocycles. The average molecular weight is 513 g/mol. The van der Waals surface area contributed by atoms with Gasteiger partial charge in [0.05, 0.1) is 13.2 Å². The lowest BCUT2D eigenvalue weighted by molar-refractivity contribution is -0.173. The van der Waals surface area contributed by atoms with Crippen molar-refractivity contribution in [2.75, 3.05) is 20.7 Å². The van der Waals surface area contributed by atoms with Gasteiger partial charge >= 0.3 is 6.09 Å². The highest BCUT2D eigenvalue weighted by Crippen LogP contribution is 2.39. The molecule has 0 saturated carbocycles. The number of hydroxylamine groups is 2. The lowest BCUT2D eigenvalue weighted by Crippen LogP contribution is -2.67. The summed E-state index contributed by atoms with van der Waals surface area (Å²) >= 11 is 0. The van der Waals surface area contributed by atoms with Crippen LogP contribution in [0.3, 0.4) is 0 Å². The summed E-state index contributed by atoms with van der Waals surface area (Å²) in [4.78, 5) is 33.0. The van der Waals surface area contributed by atoms with Crippen molar-refractivity contribution >= 4 is 30.7 Å². The van der Waals surface area contributed by atoms with E-state index in [0.29, 0.717) is 6.42 Å². The predicted molar refractivity (Wildman–Crippen MR) is 144 cm³/mol. The molecule has 2 aromatic carbocycles. The van der Waals surface area contributed by atoms with Gasteiger partial charge in [-0.3, -0.25) is 14.5 Å². The molecule has 196 valence electrons. The van der Waals surface area contributed by atoms with Crippen molar-refractivity contribution in [2.45, 2.75) is 70.7 Å². The molecule has 1 heterocycles. The van der Waals surface area contributed by atoms with Crippen molar-refractivity contribution in [3.63, 3.8) is 0 Å². The first-order valence-electron chi connectivity index (χ1n) is 12.4. The highest BCUT2D eigenvalue weighted by atomic mass is 28.4. The van der Waals surface area contributed by atoms with Crippen molar-refractivity contribution in [3.8, 4) is 0 Å². The molecule has 0 unspecified atom stereocenters. The quantitative estimate of drug-likeness (QED) is 0.433. The lowest BCUT2D eigenvalue weighted by atomic mass is 10.2. The monoisotopic (exact) mass is 512 g/mol. The van der Waals surface area contributed by atoms with Crippen LogP contribution in [0.15, 0.2) is 60.7 Å². The first-order valence-corrected chi connectivity index (χ1v) is 14.3. The molecule has 2 atom stereocenters. The number of hydrogen-bond acceptors (Lipinski definition) is 5. The van der Waals surface area contributed by atoms with E-state index in [1.54, 1.807) is 7.05 Å². The fourth-order valence-corrected chi connectivity index (χ4v) is 9.57. The molecule has 2 amide bonds. The van der Waals surface area contributed by atoms with Crippen LogP contribution in [0.5, 0.6) is 0 Å². The van der Waals surface area contributed by atoms with Crippen LogP contribution in [0.1, 0.15) is 48.0 Å². The van der Waals surface area contributed by atoms with Gasteiger partial charge in [-0.2, -0.15) is 0 Å². The standard InChI is InChI=1S/C28H40N2O5Si/c1-27(2,3)34-26(32)30-20-21(19-24(30)25(31)29(7)33-8)35-36(28(4,5)6,22-15-11-9-12-16-22)23-17-13-10-14-18-23/h9-18,21,24H,19-20H2,1-8H3/t21-,24-/m0/s1. The molecule has 0 aliphatic carbocycles. The summed E-state index contributed by atoms with van der Waals surface area (Å²) in [6, 6.07) is 19.9. The first-order chi connectivity index (χ1) is 16.8. The molecule has 8 heteroatoms. The summed E-state index contributed by atoms with van der Waals surface area (Å²) in [5.41, 5.74) is -0.686. The molecule has 1 aliphatic rings. The fourth-order valence-electron chi connectivity index (χ4n) is 4.88. The van der Waals surface area contributed by atoms with Gasteiger partial charge in [-0.05, 0) is 36.2 Å². The van der Waals surface area contributed by atoms with Gasteiger partial charge in [-0.1, -0.05) is 81.4 Å². The van der Waals surface area contributed by atoms with Crippen molar-refractivity contribution in [3.05, 3.63) is 60.7 Å². The van der Waals surface area contributed by atoms with Crippen LogP contribution >= 0.6 is 0 Å². The number of likely N-dealkylation sites (tertiary alicyclic amines) is 1. The molecular formula is C28H40N2O5Si. The largest absolute Gasteiger partial charge is 0.444 e. The second kappa shape index (κ2) is 10.7. The molecule has 0 spiro atoms. The molecule has 7 nitrogen and oxygen atoms in total. The minimum Gasteiger partial charge on any atom is -0.444 e. The second-order valence-corrected chi connectivity index (χ2v) is 15.6. The summed E-state index contributed by atoms with van der Waals surface area (Å²) in [5.74, 6) is -0.308. The molecule has 2 aromatic rings. The Balaban J connectivity index is 2.06. The molecule has 1 saturated heterocycles. The van der Waals surface area contributed by atoms with E-state index in [-0.39, 0.29) is 23.6 Å². The number of hydrogen-bond donors (Lipinski definition) is 0. The molecule has 1 fully saturated rings. The summed E-state index contributed by atoms with van der Waals surface area (Å²) in [6.07, 6.45) is -0.530. The minimum absolute atomic E-state index is 0.224. The molecule has 36 heavy (non-hydrogen) atoms. The Morgan fingerprint density at radius 1 is 0.917 bits per heavy atom. The Morgan fingerprint density at radius 3 is 1.83 bits per heavy atom. The minimum atomic E-state index is -2.86.